The lowest BCUT2D eigenvalue weighted by molar-refractivity contribution is 0.410. The first-order valence-electron chi connectivity index (χ1n) is 4.53. The zero-order valence-electron chi connectivity index (χ0n) is 7.77. The molecule has 1 aliphatic rings. The molecule has 0 aromatic carbocycles. The fourth-order valence-electron chi connectivity index (χ4n) is 1.47. The second-order valence-corrected chi connectivity index (χ2v) is 5.93. The molecule has 3 nitrogen and oxygen atoms in total. The third-order valence-corrected chi connectivity index (χ3v) is 5.52. The van der Waals surface area contributed by atoms with Crippen LogP contribution in [0.25, 0.3) is 0 Å². The zero-order chi connectivity index (χ0) is 9.97. The zero-order valence-corrected chi connectivity index (χ0v) is 10.2. The lowest BCUT2D eigenvalue weighted by Gasteiger charge is -2.27. The van der Waals surface area contributed by atoms with Crippen LogP contribution in [0.1, 0.15) is 24.4 Å². The van der Waals surface area contributed by atoms with Gasteiger partial charge in [-0.2, -0.15) is 16.7 Å². The normalized spacial score (nSPS) is 27.9. The molecule has 1 aromatic rings. The van der Waals surface area contributed by atoms with Gasteiger partial charge in [0.1, 0.15) is 0 Å². The highest BCUT2D eigenvalue weighted by molar-refractivity contribution is 8.06. The third kappa shape index (κ3) is 2.20. The maximum Gasteiger partial charge on any atom is 0.320 e. The van der Waals surface area contributed by atoms with Crippen molar-refractivity contribution in [2.45, 2.75) is 23.8 Å². The van der Waals surface area contributed by atoms with Gasteiger partial charge in [0.2, 0.25) is 0 Å². The average Bonchev–Trinajstić information content (AvgIpc) is 2.65. The molecule has 1 aliphatic heterocycles. The Kier molecular flexibility index (Phi) is 3.62. The summed E-state index contributed by atoms with van der Waals surface area (Å²) < 4.78 is 4.79. The van der Waals surface area contributed by atoms with Crippen LogP contribution in [0, 0.1) is 0 Å². The standard InChI is InChI=1S/C8H11ClN2OS2/c1-2-5-6(14-4-3-13-5)7-10-8(9)12-11-7/h5-6H,2-4H2,1H3. The Morgan fingerprint density at radius 3 is 2.93 bits per heavy atom. The number of aromatic nitrogens is 2. The minimum atomic E-state index is 0.144. The summed E-state index contributed by atoms with van der Waals surface area (Å²) in [6, 6.07) is 0. The molecular formula is C8H11ClN2OS2. The molecule has 2 rings (SSSR count). The van der Waals surface area contributed by atoms with Gasteiger partial charge < -0.3 is 4.52 Å². The number of rotatable bonds is 2. The minimum Gasteiger partial charge on any atom is -0.321 e. The van der Waals surface area contributed by atoms with E-state index in [1.54, 1.807) is 0 Å². The van der Waals surface area contributed by atoms with Crippen molar-refractivity contribution >= 4 is 35.1 Å². The van der Waals surface area contributed by atoms with Crippen LogP contribution in [0.2, 0.25) is 5.35 Å². The van der Waals surface area contributed by atoms with Crippen molar-refractivity contribution in [1.82, 2.24) is 10.1 Å². The van der Waals surface area contributed by atoms with Gasteiger partial charge >= 0.3 is 5.35 Å². The number of nitrogens with zero attached hydrogens (tertiary/aromatic N) is 2. The molecule has 1 fully saturated rings. The predicted molar refractivity (Wildman–Crippen MR) is 61.0 cm³/mol. The summed E-state index contributed by atoms with van der Waals surface area (Å²) in [6.07, 6.45) is 1.13. The number of halogens is 1. The molecule has 78 valence electrons. The summed E-state index contributed by atoms with van der Waals surface area (Å²) in [4.78, 5) is 4.09. The number of hydrogen-bond acceptors (Lipinski definition) is 5. The van der Waals surface area contributed by atoms with E-state index in [-0.39, 0.29) is 5.35 Å². The maximum atomic E-state index is 5.61. The molecule has 0 spiro atoms. The Hall–Kier alpha value is 0.130. The van der Waals surface area contributed by atoms with Crippen LogP contribution in [0.5, 0.6) is 0 Å². The van der Waals surface area contributed by atoms with Crippen LogP contribution >= 0.6 is 35.1 Å². The first-order valence-corrected chi connectivity index (χ1v) is 7.01. The molecule has 0 amide bonds. The molecule has 0 N–H and O–H groups in total. The van der Waals surface area contributed by atoms with E-state index >= 15 is 0 Å². The van der Waals surface area contributed by atoms with Crippen molar-refractivity contribution in [3.05, 3.63) is 11.2 Å². The van der Waals surface area contributed by atoms with Crippen molar-refractivity contribution in [2.75, 3.05) is 11.5 Å². The lowest BCUT2D eigenvalue weighted by Crippen LogP contribution is -2.19. The SMILES string of the molecule is CCC1SCCSC1c1noc(Cl)n1. The van der Waals surface area contributed by atoms with Crippen LogP contribution in [0.3, 0.4) is 0 Å². The van der Waals surface area contributed by atoms with E-state index in [1.807, 2.05) is 23.5 Å². The fourth-order valence-corrected chi connectivity index (χ4v) is 4.58. The number of thioether (sulfide) groups is 2. The predicted octanol–water partition coefficient (Wildman–Crippen LogP) is 3.02. The summed E-state index contributed by atoms with van der Waals surface area (Å²) in [5.41, 5.74) is 0. The van der Waals surface area contributed by atoms with Gasteiger partial charge in [0.05, 0.1) is 5.25 Å². The highest BCUT2D eigenvalue weighted by Crippen LogP contribution is 2.42. The summed E-state index contributed by atoms with van der Waals surface area (Å²) in [7, 11) is 0. The van der Waals surface area contributed by atoms with Gasteiger partial charge in [-0.05, 0) is 18.0 Å². The second kappa shape index (κ2) is 4.77. The van der Waals surface area contributed by atoms with Crippen molar-refractivity contribution in [3.8, 4) is 0 Å². The highest BCUT2D eigenvalue weighted by atomic mass is 35.5. The smallest absolute Gasteiger partial charge is 0.320 e. The van der Waals surface area contributed by atoms with E-state index in [9.17, 15) is 0 Å². The molecule has 2 heterocycles. The third-order valence-electron chi connectivity index (χ3n) is 2.12. The molecule has 0 saturated carbocycles. The van der Waals surface area contributed by atoms with Gasteiger partial charge in [-0.25, -0.2) is 0 Å². The van der Waals surface area contributed by atoms with Gasteiger partial charge in [0.25, 0.3) is 0 Å². The topological polar surface area (TPSA) is 38.9 Å². The number of hydrogen-bond donors (Lipinski definition) is 0. The van der Waals surface area contributed by atoms with Crippen molar-refractivity contribution < 1.29 is 4.52 Å². The van der Waals surface area contributed by atoms with Gasteiger partial charge in [0, 0.05) is 16.8 Å². The monoisotopic (exact) mass is 250 g/mol. The van der Waals surface area contributed by atoms with Crippen LogP contribution in [-0.4, -0.2) is 26.9 Å². The van der Waals surface area contributed by atoms with Crippen LogP contribution < -0.4 is 0 Å². The summed E-state index contributed by atoms with van der Waals surface area (Å²) >= 11 is 9.50. The van der Waals surface area contributed by atoms with Crippen molar-refractivity contribution in [3.63, 3.8) is 0 Å². The van der Waals surface area contributed by atoms with Gasteiger partial charge in [-0.15, -0.1) is 11.8 Å². The van der Waals surface area contributed by atoms with E-state index in [0.29, 0.717) is 10.5 Å². The van der Waals surface area contributed by atoms with Crippen molar-refractivity contribution in [2.24, 2.45) is 0 Å². The molecule has 0 radical (unpaired) electrons. The van der Waals surface area contributed by atoms with Crippen LogP contribution in [-0.2, 0) is 0 Å². The van der Waals surface area contributed by atoms with Crippen molar-refractivity contribution in [1.29, 1.82) is 0 Å². The molecular weight excluding hydrogens is 240 g/mol. The Bertz CT molecular complexity index is 307. The first kappa shape index (κ1) is 10.6. The van der Waals surface area contributed by atoms with Crippen LogP contribution in [0.4, 0.5) is 0 Å². The van der Waals surface area contributed by atoms with E-state index in [1.165, 1.54) is 5.75 Å². The molecule has 0 aliphatic carbocycles. The molecule has 6 heteroatoms. The Labute approximate surface area is 96.3 Å². The van der Waals surface area contributed by atoms with Gasteiger partial charge in [0.15, 0.2) is 5.82 Å². The van der Waals surface area contributed by atoms with E-state index < -0.39 is 0 Å². The summed E-state index contributed by atoms with van der Waals surface area (Å²) in [5, 5.41) is 4.96. The molecule has 1 saturated heterocycles. The quantitative estimate of drug-likeness (QED) is 0.807. The molecule has 1 aromatic heterocycles. The molecule has 2 unspecified atom stereocenters. The van der Waals surface area contributed by atoms with E-state index in [0.717, 1.165) is 18.0 Å². The lowest BCUT2D eigenvalue weighted by atomic mass is 10.2. The second-order valence-electron chi connectivity index (χ2n) is 3.01. The molecule has 2 atom stereocenters. The average molecular weight is 251 g/mol. The van der Waals surface area contributed by atoms with E-state index in [4.69, 9.17) is 16.1 Å². The Morgan fingerprint density at radius 1 is 1.50 bits per heavy atom. The Balaban J connectivity index is 2.14. The minimum absolute atomic E-state index is 0.144. The summed E-state index contributed by atoms with van der Waals surface area (Å²) in [6.45, 7) is 2.19. The highest BCUT2D eigenvalue weighted by Gasteiger charge is 2.30. The fraction of sp³-hybridized carbons (Fsp3) is 0.750. The van der Waals surface area contributed by atoms with E-state index in [2.05, 4.69) is 17.1 Å². The molecule has 0 bridgehead atoms. The Morgan fingerprint density at radius 2 is 2.29 bits per heavy atom. The van der Waals surface area contributed by atoms with Gasteiger partial charge in [-0.1, -0.05) is 12.1 Å². The molecule has 14 heavy (non-hydrogen) atoms. The maximum absolute atomic E-state index is 5.61. The largest absolute Gasteiger partial charge is 0.321 e. The summed E-state index contributed by atoms with van der Waals surface area (Å²) in [5.74, 6) is 3.11. The van der Waals surface area contributed by atoms with Gasteiger partial charge in [-0.3, -0.25) is 0 Å². The first-order chi connectivity index (χ1) is 6.81. The van der Waals surface area contributed by atoms with Crippen LogP contribution in [0.15, 0.2) is 4.52 Å².